The van der Waals surface area contributed by atoms with E-state index in [1.165, 1.54) is 4.90 Å². The fraction of sp³-hybridized carbons (Fsp3) is 0.100. The lowest BCUT2D eigenvalue weighted by atomic mass is 10.3. The topological polar surface area (TPSA) is 37.8 Å². The molecule has 1 N–H and O–H groups in total. The van der Waals surface area contributed by atoms with Crippen molar-refractivity contribution < 1.29 is 0 Å². The number of hydrogen-bond acceptors (Lipinski definition) is 2. The van der Waals surface area contributed by atoms with Crippen LogP contribution in [-0.4, -0.2) is 15.8 Å². The van der Waals surface area contributed by atoms with E-state index in [4.69, 9.17) is 0 Å². The van der Waals surface area contributed by atoms with Gasteiger partial charge in [-0.2, -0.15) is 0 Å². The van der Waals surface area contributed by atoms with Crippen LogP contribution in [0.4, 0.5) is 0 Å². The number of nitrogens with zero attached hydrogens (tertiary/aromatic N) is 1. The summed E-state index contributed by atoms with van der Waals surface area (Å²) in [6.45, 7) is 0. The van der Waals surface area contributed by atoms with Gasteiger partial charge in [-0.1, -0.05) is 0 Å². The average molecular weight is 206 g/mol. The third-order valence-corrected chi connectivity index (χ3v) is 2.74. The number of thioether (sulfide) groups is 1. The average Bonchev–Trinajstić information content (AvgIpc) is 2.65. The molecule has 0 spiro atoms. The van der Waals surface area contributed by atoms with Crippen molar-refractivity contribution in [2.45, 2.75) is 4.90 Å². The lowest BCUT2D eigenvalue weighted by molar-refractivity contribution is 0.985. The molecule has 1 aromatic carbocycles. The van der Waals surface area contributed by atoms with E-state index in [1.807, 2.05) is 30.5 Å². The van der Waals surface area contributed by atoms with Gasteiger partial charge in [0.2, 0.25) is 0 Å². The molecule has 0 unspecified atom stereocenters. The van der Waals surface area contributed by atoms with Crippen molar-refractivity contribution in [1.82, 2.24) is 9.55 Å². The molecule has 0 amide bonds. The standard InChI is InChI=1S/C10H10N2OS/c1-14-9-4-2-8(3-5-9)12-7-6-11-10(12)13/h2-7H,1H3,(H,11,13). The molecule has 4 heteroatoms. The normalized spacial score (nSPS) is 10.4. The zero-order chi connectivity index (χ0) is 9.97. The van der Waals surface area contributed by atoms with Crippen LogP contribution in [0.2, 0.25) is 0 Å². The van der Waals surface area contributed by atoms with Crippen molar-refractivity contribution in [3.63, 3.8) is 0 Å². The molecule has 0 saturated carbocycles. The summed E-state index contributed by atoms with van der Waals surface area (Å²) >= 11 is 1.68. The third kappa shape index (κ3) is 1.61. The highest BCUT2D eigenvalue weighted by atomic mass is 32.2. The first-order valence-corrected chi connectivity index (χ1v) is 5.44. The van der Waals surface area contributed by atoms with Crippen molar-refractivity contribution in [3.05, 3.63) is 47.1 Å². The van der Waals surface area contributed by atoms with Gasteiger partial charge in [0.1, 0.15) is 0 Å². The Kier molecular flexibility index (Phi) is 2.45. The number of benzene rings is 1. The van der Waals surface area contributed by atoms with Gasteiger partial charge in [-0.15, -0.1) is 11.8 Å². The Hall–Kier alpha value is -1.42. The minimum Gasteiger partial charge on any atom is -0.312 e. The van der Waals surface area contributed by atoms with Gasteiger partial charge >= 0.3 is 5.69 Å². The molecular weight excluding hydrogens is 196 g/mol. The highest BCUT2D eigenvalue weighted by molar-refractivity contribution is 7.98. The summed E-state index contributed by atoms with van der Waals surface area (Å²) in [5.41, 5.74) is 0.774. The first-order valence-electron chi connectivity index (χ1n) is 4.22. The van der Waals surface area contributed by atoms with E-state index in [0.717, 1.165) is 5.69 Å². The summed E-state index contributed by atoms with van der Waals surface area (Å²) in [5.74, 6) is 0. The van der Waals surface area contributed by atoms with Crippen LogP contribution in [0.5, 0.6) is 0 Å². The maximum Gasteiger partial charge on any atom is 0.330 e. The summed E-state index contributed by atoms with van der Waals surface area (Å²) in [6.07, 6.45) is 5.37. The lowest BCUT2D eigenvalue weighted by Crippen LogP contribution is -2.13. The predicted octanol–water partition coefficient (Wildman–Crippen LogP) is 1.89. The first-order chi connectivity index (χ1) is 6.81. The van der Waals surface area contributed by atoms with Crippen LogP contribution in [0.1, 0.15) is 0 Å². The van der Waals surface area contributed by atoms with Crippen molar-refractivity contribution in [1.29, 1.82) is 0 Å². The molecule has 72 valence electrons. The Labute approximate surface area is 85.8 Å². The quantitative estimate of drug-likeness (QED) is 0.762. The molecule has 0 aliphatic rings. The molecular formula is C10H10N2OS. The van der Waals surface area contributed by atoms with Crippen molar-refractivity contribution in [2.75, 3.05) is 6.26 Å². The molecule has 0 aliphatic carbocycles. The lowest BCUT2D eigenvalue weighted by Gasteiger charge is -2.01. The molecule has 0 atom stereocenters. The van der Waals surface area contributed by atoms with E-state index in [-0.39, 0.29) is 5.69 Å². The van der Waals surface area contributed by atoms with E-state index in [1.54, 1.807) is 28.7 Å². The number of H-pyrrole nitrogens is 1. The Morgan fingerprint density at radius 1 is 1.29 bits per heavy atom. The van der Waals surface area contributed by atoms with Crippen LogP contribution >= 0.6 is 11.8 Å². The predicted molar refractivity (Wildman–Crippen MR) is 58.2 cm³/mol. The molecule has 1 heterocycles. The van der Waals surface area contributed by atoms with E-state index in [9.17, 15) is 4.79 Å². The monoisotopic (exact) mass is 206 g/mol. The van der Waals surface area contributed by atoms with Crippen molar-refractivity contribution >= 4 is 11.8 Å². The smallest absolute Gasteiger partial charge is 0.312 e. The number of imidazole rings is 1. The molecule has 1 aromatic heterocycles. The van der Waals surface area contributed by atoms with Crippen LogP contribution in [0, 0.1) is 0 Å². The summed E-state index contributed by atoms with van der Waals surface area (Å²) in [5, 5.41) is 0. The van der Waals surface area contributed by atoms with Gasteiger partial charge in [0, 0.05) is 17.3 Å². The molecule has 0 aliphatic heterocycles. The largest absolute Gasteiger partial charge is 0.330 e. The molecule has 3 nitrogen and oxygen atoms in total. The number of rotatable bonds is 2. The third-order valence-electron chi connectivity index (χ3n) is 2.00. The fourth-order valence-corrected chi connectivity index (χ4v) is 1.67. The summed E-state index contributed by atoms with van der Waals surface area (Å²) < 4.78 is 1.57. The van der Waals surface area contributed by atoms with Gasteiger partial charge in [-0.05, 0) is 30.5 Å². The molecule has 2 aromatic rings. The van der Waals surface area contributed by atoms with Crippen LogP contribution < -0.4 is 5.69 Å². The van der Waals surface area contributed by atoms with Crippen LogP contribution in [-0.2, 0) is 0 Å². The van der Waals surface area contributed by atoms with Gasteiger partial charge < -0.3 is 4.98 Å². The zero-order valence-electron chi connectivity index (χ0n) is 7.73. The maximum absolute atomic E-state index is 11.3. The number of nitrogens with one attached hydrogen (secondary N) is 1. The summed E-state index contributed by atoms with van der Waals surface area (Å²) in [7, 11) is 0. The molecule has 0 radical (unpaired) electrons. The first kappa shape index (κ1) is 9.15. The molecule has 2 rings (SSSR count). The minimum atomic E-state index is -0.109. The summed E-state index contributed by atoms with van der Waals surface area (Å²) in [4.78, 5) is 15.1. The Morgan fingerprint density at radius 2 is 2.00 bits per heavy atom. The SMILES string of the molecule is CSc1ccc(-n2cc[nH]c2=O)cc1. The van der Waals surface area contributed by atoms with E-state index in [0.29, 0.717) is 0 Å². The van der Waals surface area contributed by atoms with Gasteiger partial charge in [0.15, 0.2) is 0 Å². The van der Waals surface area contributed by atoms with Crippen molar-refractivity contribution in [2.24, 2.45) is 0 Å². The van der Waals surface area contributed by atoms with E-state index < -0.39 is 0 Å². The zero-order valence-corrected chi connectivity index (χ0v) is 8.54. The van der Waals surface area contributed by atoms with Crippen LogP contribution in [0.15, 0.2) is 46.3 Å². The van der Waals surface area contributed by atoms with E-state index in [2.05, 4.69) is 4.98 Å². The van der Waals surface area contributed by atoms with Crippen molar-refractivity contribution in [3.8, 4) is 5.69 Å². The maximum atomic E-state index is 11.3. The second-order valence-electron chi connectivity index (χ2n) is 2.83. The molecule has 14 heavy (non-hydrogen) atoms. The summed E-state index contributed by atoms with van der Waals surface area (Å²) in [6, 6.07) is 7.86. The van der Waals surface area contributed by atoms with Gasteiger partial charge in [-0.25, -0.2) is 4.79 Å². The van der Waals surface area contributed by atoms with E-state index >= 15 is 0 Å². The molecule has 0 saturated heterocycles. The molecule has 0 fully saturated rings. The highest BCUT2D eigenvalue weighted by Gasteiger charge is 1.98. The Bertz CT molecular complexity index is 469. The number of aromatic nitrogens is 2. The second-order valence-corrected chi connectivity index (χ2v) is 3.71. The van der Waals surface area contributed by atoms with Gasteiger partial charge in [0.25, 0.3) is 0 Å². The Morgan fingerprint density at radius 3 is 2.50 bits per heavy atom. The van der Waals surface area contributed by atoms with Gasteiger partial charge in [0.05, 0.1) is 5.69 Å². The Balaban J connectivity index is 2.44. The van der Waals surface area contributed by atoms with Crippen LogP contribution in [0.25, 0.3) is 5.69 Å². The minimum absolute atomic E-state index is 0.109. The second kappa shape index (κ2) is 3.75. The fourth-order valence-electron chi connectivity index (χ4n) is 1.27. The number of aromatic amines is 1. The molecule has 0 bridgehead atoms. The highest BCUT2D eigenvalue weighted by Crippen LogP contribution is 2.15. The number of hydrogen-bond donors (Lipinski definition) is 1. The van der Waals surface area contributed by atoms with Crippen LogP contribution in [0.3, 0.4) is 0 Å². The van der Waals surface area contributed by atoms with Gasteiger partial charge in [-0.3, -0.25) is 4.57 Å².